The number of aromatic nitrogens is 3. The van der Waals surface area contributed by atoms with E-state index in [1.165, 1.54) is 11.9 Å². The van der Waals surface area contributed by atoms with Gasteiger partial charge in [-0.05, 0) is 62.8 Å². The maximum Gasteiger partial charge on any atom is 0.326 e. The third-order valence-electron chi connectivity index (χ3n) is 5.36. The molecule has 2 aromatic rings. The number of hydrogen-bond acceptors (Lipinski definition) is 7. The monoisotopic (exact) mass is 446 g/mol. The van der Waals surface area contributed by atoms with Crippen LogP contribution in [0, 0.1) is 0 Å². The fraction of sp³-hybridized carbons (Fsp3) is 0.565. The van der Waals surface area contributed by atoms with Crippen LogP contribution in [-0.2, 0) is 17.6 Å². The lowest BCUT2D eigenvalue weighted by atomic mass is 10.1. The lowest BCUT2D eigenvalue weighted by Crippen LogP contribution is -2.36. The molecule has 8 nitrogen and oxygen atoms in total. The number of aliphatic carboxylic acids is 1. The van der Waals surface area contributed by atoms with Gasteiger partial charge in [-0.3, -0.25) is 4.39 Å². The van der Waals surface area contributed by atoms with Gasteiger partial charge >= 0.3 is 5.97 Å². The van der Waals surface area contributed by atoms with Crippen molar-refractivity contribution in [2.75, 3.05) is 44.0 Å². The number of carbonyl (C=O) groups is 1. The van der Waals surface area contributed by atoms with Gasteiger partial charge in [0, 0.05) is 32.0 Å². The predicted octanol–water partition coefficient (Wildman–Crippen LogP) is 3.42. The molecule has 2 rings (SSSR count). The zero-order valence-electron chi connectivity index (χ0n) is 19.1. The van der Waals surface area contributed by atoms with Crippen molar-refractivity contribution in [3.63, 3.8) is 0 Å². The Hall–Kier alpha value is -2.81. The van der Waals surface area contributed by atoms with Crippen molar-refractivity contribution >= 4 is 17.6 Å². The first-order chi connectivity index (χ1) is 15.6. The lowest BCUT2D eigenvalue weighted by molar-refractivity contribution is -0.138. The molecule has 0 aliphatic rings. The second-order valence-electron chi connectivity index (χ2n) is 7.67. The van der Waals surface area contributed by atoms with E-state index < -0.39 is 12.0 Å². The Kier molecular flexibility index (Phi) is 11.4. The van der Waals surface area contributed by atoms with E-state index in [2.05, 4.69) is 49.5 Å². The largest absolute Gasteiger partial charge is 0.480 e. The van der Waals surface area contributed by atoms with Crippen LogP contribution in [0.1, 0.15) is 43.9 Å². The van der Waals surface area contributed by atoms with Gasteiger partial charge in [-0.2, -0.15) is 0 Å². The molecule has 32 heavy (non-hydrogen) atoms. The number of pyridine rings is 1. The molecule has 0 aliphatic heterocycles. The molecule has 1 atom stereocenters. The number of carboxylic acids is 1. The number of carboxylic acid groups (broad SMARTS) is 1. The van der Waals surface area contributed by atoms with Crippen LogP contribution in [0.5, 0.6) is 0 Å². The molecule has 0 fully saturated rings. The van der Waals surface area contributed by atoms with Crippen LogP contribution >= 0.6 is 0 Å². The zero-order valence-corrected chi connectivity index (χ0v) is 19.1. The van der Waals surface area contributed by atoms with Gasteiger partial charge < -0.3 is 20.6 Å². The SMILES string of the molecule is CCc1ccc(CCCCN(CCCF)CCC(Nc2ccncn2)C(=O)O)nc1NC. The third-order valence-corrected chi connectivity index (χ3v) is 5.36. The number of anilines is 2. The topological polar surface area (TPSA) is 103 Å². The Balaban J connectivity index is 1.83. The van der Waals surface area contributed by atoms with Crippen LogP contribution in [-0.4, -0.2) is 70.3 Å². The Morgan fingerprint density at radius 3 is 2.66 bits per heavy atom. The first kappa shape index (κ1) is 25.5. The Morgan fingerprint density at radius 1 is 1.19 bits per heavy atom. The van der Waals surface area contributed by atoms with Crippen LogP contribution in [0.3, 0.4) is 0 Å². The van der Waals surface area contributed by atoms with Crippen LogP contribution in [0.15, 0.2) is 30.7 Å². The Labute approximate surface area is 189 Å². The molecule has 0 saturated carbocycles. The maximum absolute atomic E-state index is 12.7. The molecule has 0 saturated heterocycles. The molecule has 176 valence electrons. The molecular weight excluding hydrogens is 411 g/mol. The van der Waals surface area contributed by atoms with Gasteiger partial charge in [0.05, 0.1) is 6.67 Å². The van der Waals surface area contributed by atoms with Gasteiger partial charge in [0.15, 0.2) is 0 Å². The Bertz CT molecular complexity index is 808. The number of alkyl halides is 1. The average Bonchev–Trinajstić information content (AvgIpc) is 2.82. The van der Waals surface area contributed by atoms with Crippen LogP contribution in [0.4, 0.5) is 16.0 Å². The minimum atomic E-state index is -0.934. The summed E-state index contributed by atoms with van der Waals surface area (Å²) < 4.78 is 12.7. The maximum atomic E-state index is 12.7. The van der Waals surface area contributed by atoms with Gasteiger partial charge in [-0.15, -0.1) is 0 Å². The fourth-order valence-corrected chi connectivity index (χ4v) is 3.55. The lowest BCUT2D eigenvalue weighted by Gasteiger charge is -2.24. The summed E-state index contributed by atoms with van der Waals surface area (Å²) in [6, 6.07) is 5.08. The summed E-state index contributed by atoms with van der Waals surface area (Å²) in [5.41, 5.74) is 2.26. The van der Waals surface area contributed by atoms with E-state index in [4.69, 9.17) is 0 Å². The summed E-state index contributed by atoms with van der Waals surface area (Å²) in [4.78, 5) is 26.3. The fourth-order valence-electron chi connectivity index (χ4n) is 3.55. The number of aryl methyl sites for hydroxylation is 2. The van der Waals surface area contributed by atoms with E-state index in [0.29, 0.717) is 31.7 Å². The molecular formula is C23H35FN6O2. The second-order valence-corrected chi connectivity index (χ2v) is 7.67. The van der Waals surface area contributed by atoms with Gasteiger partial charge in [0.25, 0.3) is 0 Å². The highest BCUT2D eigenvalue weighted by atomic mass is 19.1. The number of halogens is 1. The van der Waals surface area contributed by atoms with Gasteiger partial charge in [-0.25, -0.2) is 19.7 Å². The minimum Gasteiger partial charge on any atom is -0.480 e. The van der Waals surface area contributed by atoms with E-state index in [1.54, 1.807) is 12.3 Å². The van der Waals surface area contributed by atoms with Crippen molar-refractivity contribution < 1.29 is 14.3 Å². The van der Waals surface area contributed by atoms with E-state index in [0.717, 1.165) is 43.7 Å². The molecule has 0 aromatic carbocycles. The molecule has 2 heterocycles. The summed E-state index contributed by atoms with van der Waals surface area (Å²) in [5, 5.41) is 15.6. The summed E-state index contributed by atoms with van der Waals surface area (Å²) in [7, 11) is 1.89. The van der Waals surface area contributed by atoms with E-state index >= 15 is 0 Å². The molecule has 0 bridgehead atoms. The number of rotatable bonds is 16. The summed E-state index contributed by atoms with van der Waals surface area (Å²) in [6.07, 6.45) is 7.51. The zero-order chi connectivity index (χ0) is 23.2. The number of hydrogen-bond donors (Lipinski definition) is 3. The van der Waals surface area contributed by atoms with Crippen LogP contribution in [0.25, 0.3) is 0 Å². The quantitative estimate of drug-likeness (QED) is 0.337. The van der Waals surface area contributed by atoms with Crippen molar-refractivity contribution in [2.24, 2.45) is 0 Å². The van der Waals surface area contributed by atoms with E-state index in [1.807, 2.05) is 7.05 Å². The predicted molar refractivity (Wildman–Crippen MR) is 125 cm³/mol. The van der Waals surface area contributed by atoms with Crippen molar-refractivity contribution in [3.8, 4) is 0 Å². The number of unbranched alkanes of at least 4 members (excludes halogenated alkanes) is 1. The molecule has 2 aromatic heterocycles. The smallest absolute Gasteiger partial charge is 0.326 e. The number of nitrogens with one attached hydrogen (secondary N) is 2. The second kappa shape index (κ2) is 14.3. The standard InChI is InChI=1S/C23H35FN6O2/c1-3-18-8-9-19(28-22(18)25-2)7-4-5-14-30(15-6-12-24)16-11-20(23(31)32)29-21-10-13-26-17-27-21/h8-10,13,17,20H,3-7,11-12,14-16H2,1-2H3,(H,25,28)(H,31,32)(H,26,27,29). The van der Waals surface area contributed by atoms with Crippen molar-refractivity contribution in [1.29, 1.82) is 0 Å². The van der Waals surface area contributed by atoms with E-state index in [-0.39, 0.29) is 6.67 Å². The summed E-state index contributed by atoms with van der Waals surface area (Å²) in [6.45, 7) is 3.72. The molecule has 9 heteroatoms. The van der Waals surface area contributed by atoms with Gasteiger partial charge in [-0.1, -0.05) is 13.0 Å². The molecule has 1 unspecified atom stereocenters. The summed E-state index contributed by atoms with van der Waals surface area (Å²) >= 11 is 0. The van der Waals surface area contributed by atoms with Crippen molar-refractivity contribution in [3.05, 3.63) is 42.0 Å². The highest BCUT2D eigenvalue weighted by Crippen LogP contribution is 2.15. The normalized spacial score (nSPS) is 12.0. The third kappa shape index (κ3) is 8.74. The van der Waals surface area contributed by atoms with Crippen molar-refractivity contribution in [2.45, 2.75) is 51.5 Å². The van der Waals surface area contributed by atoms with Crippen LogP contribution in [0.2, 0.25) is 0 Å². The average molecular weight is 447 g/mol. The summed E-state index contributed by atoms with van der Waals surface area (Å²) in [5.74, 6) is 0.478. The highest BCUT2D eigenvalue weighted by Gasteiger charge is 2.19. The highest BCUT2D eigenvalue weighted by molar-refractivity contribution is 5.76. The molecule has 0 spiro atoms. The van der Waals surface area contributed by atoms with Crippen molar-refractivity contribution in [1.82, 2.24) is 19.9 Å². The number of nitrogens with zero attached hydrogens (tertiary/aromatic N) is 4. The van der Waals surface area contributed by atoms with E-state index in [9.17, 15) is 14.3 Å². The minimum absolute atomic E-state index is 0.376. The molecule has 3 N–H and O–H groups in total. The molecule has 0 amide bonds. The Morgan fingerprint density at radius 2 is 2.00 bits per heavy atom. The van der Waals surface area contributed by atoms with Gasteiger partial charge in [0.2, 0.25) is 0 Å². The first-order valence-electron chi connectivity index (χ1n) is 11.3. The van der Waals surface area contributed by atoms with Gasteiger partial charge in [0.1, 0.15) is 24.0 Å². The first-order valence-corrected chi connectivity index (χ1v) is 11.3. The molecule has 0 radical (unpaired) electrons. The molecule has 0 aliphatic carbocycles. The van der Waals surface area contributed by atoms with Crippen LogP contribution < -0.4 is 10.6 Å².